The maximum Gasteiger partial charge on any atom is 0.333 e. The van der Waals surface area contributed by atoms with Crippen molar-refractivity contribution in [2.24, 2.45) is 11.7 Å². The molecular formula is C14H25N5O2. The van der Waals surface area contributed by atoms with Crippen LogP contribution in [0.4, 0.5) is 11.5 Å². The summed E-state index contributed by atoms with van der Waals surface area (Å²) in [5.74, 6) is 1.25. The summed E-state index contributed by atoms with van der Waals surface area (Å²) in [6, 6.07) is 0.152. The number of nitrogens with zero attached hydrogens (tertiary/aromatic N) is 4. The highest BCUT2D eigenvalue weighted by molar-refractivity contribution is 5.62. The van der Waals surface area contributed by atoms with Crippen LogP contribution in [0.15, 0.2) is 0 Å². The van der Waals surface area contributed by atoms with Gasteiger partial charge in [0, 0.05) is 25.7 Å². The molecule has 1 aromatic rings. The summed E-state index contributed by atoms with van der Waals surface area (Å²) in [6.07, 6.45) is 2.90. The molecular weight excluding hydrogens is 270 g/mol. The van der Waals surface area contributed by atoms with Crippen molar-refractivity contribution in [3.63, 3.8) is 0 Å². The lowest BCUT2D eigenvalue weighted by molar-refractivity contribution is -0.384. The van der Waals surface area contributed by atoms with Crippen molar-refractivity contribution in [2.75, 3.05) is 18.0 Å². The predicted molar refractivity (Wildman–Crippen MR) is 82.5 cm³/mol. The van der Waals surface area contributed by atoms with Crippen molar-refractivity contribution < 1.29 is 4.92 Å². The zero-order chi connectivity index (χ0) is 15.6. The van der Waals surface area contributed by atoms with Gasteiger partial charge in [-0.25, -0.2) is 4.68 Å². The first-order chi connectivity index (χ1) is 9.99. The van der Waals surface area contributed by atoms with E-state index in [0.717, 1.165) is 25.8 Å². The Kier molecular flexibility index (Phi) is 4.82. The molecule has 2 atom stereocenters. The molecule has 1 aliphatic heterocycles. The number of nitrogens with two attached hydrogens (primary N) is 1. The van der Waals surface area contributed by atoms with Crippen LogP contribution < -0.4 is 10.6 Å². The van der Waals surface area contributed by atoms with Crippen LogP contribution in [0.1, 0.15) is 38.8 Å². The molecule has 0 spiro atoms. The lowest BCUT2D eigenvalue weighted by Gasteiger charge is -2.38. The first kappa shape index (κ1) is 15.8. The number of piperidine rings is 1. The number of aryl methyl sites for hydroxylation is 2. The van der Waals surface area contributed by atoms with E-state index >= 15 is 0 Å². The summed E-state index contributed by atoms with van der Waals surface area (Å²) < 4.78 is 1.78. The van der Waals surface area contributed by atoms with E-state index in [0.29, 0.717) is 30.5 Å². The third-order valence-corrected chi connectivity index (χ3v) is 4.21. The lowest BCUT2D eigenvalue weighted by atomic mass is 9.92. The Hall–Kier alpha value is -1.63. The minimum atomic E-state index is -0.310. The highest BCUT2D eigenvalue weighted by Gasteiger charge is 2.35. The van der Waals surface area contributed by atoms with Crippen LogP contribution in [-0.4, -0.2) is 33.8 Å². The summed E-state index contributed by atoms with van der Waals surface area (Å²) in [6.45, 7) is 7.97. The van der Waals surface area contributed by atoms with Crippen LogP contribution in [-0.2, 0) is 6.54 Å². The van der Waals surface area contributed by atoms with Gasteiger partial charge in [0.1, 0.15) is 5.69 Å². The molecule has 2 heterocycles. The maximum atomic E-state index is 11.5. The van der Waals surface area contributed by atoms with Gasteiger partial charge in [0.2, 0.25) is 5.82 Å². The molecule has 0 bridgehead atoms. The smallest absolute Gasteiger partial charge is 0.333 e. The van der Waals surface area contributed by atoms with Gasteiger partial charge in [-0.1, -0.05) is 13.8 Å². The van der Waals surface area contributed by atoms with Gasteiger partial charge in [-0.15, -0.1) is 0 Å². The molecule has 1 aliphatic rings. The highest BCUT2D eigenvalue weighted by atomic mass is 16.6. The van der Waals surface area contributed by atoms with Gasteiger partial charge >= 0.3 is 5.69 Å². The van der Waals surface area contributed by atoms with Crippen molar-refractivity contribution in [2.45, 2.75) is 52.6 Å². The van der Waals surface area contributed by atoms with Crippen molar-refractivity contribution in [3.8, 4) is 0 Å². The molecule has 0 saturated carbocycles. The second-order valence-corrected chi connectivity index (χ2v) is 5.95. The van der Waals surface area contributed by atoms with Gasteiger partial charge in [0.05, 0.1) is 4.92 Å². The summed E-state index contributed by atoms with van der Waals surface area (Å²) >= 11 is 0. The van der Waals surface area contributed by atoms with Crippen LogP contribution in [0, 0.1) is 23.0 Å². The van der Waals surface area contributed by atoms with Crippen LogP contribution in [0.5, 0.6) is 0 Å². The molecule has 2 N–H and O–H groups in total. The Bertz CT molecular complexity index is 514. The minimum absolute atomic E-state index is 0.136. The minimum Gasteiger partial charge on any atom is -0.347 e. The Morgan fingerprint density at radius 1 is 1.52 bits per heavy atom. The van der Waals surface area contributed by atoms with Gasteiger partial charge < -0.3 is 10.6 Å². The van der Waals surface area contributed by atoms with E-state index in [1.807, 2.05) is 6.92 Å². The number of anilines is 1. The molecule has 21 heavy (non-hydrogen) atoms. The van der Waals surface area contributed by atoms with E-state index in [1.54, 1.807) is 11.6 Å². The van der Waals surface area contributed by atoms with Crippen molar-refractivity contribution in [1.29, 1.82) is 0 Å². The Morgan fingerprint density at radius 3 is 2.81 bits per heavy atom. The van der Waals surface area contributed by atoms with Gasteiger partial charge in [-0.3, -0.25) is 10.1 Å². The molecule has 118 valence electrons. The summed E-state index contributed by atoms with van der Waals surface area (Å²) in [7, 11) is 0. The SMILES string of the molecule is CCCn1nc(C)c([N+](=O)[O-])c1N1CCC(C)CC1CN. The Morgan fingerprint density at radius 2 is 2.24 bits per heavy atom. The van der Waals surface area contributed by atoms with E-state index in [4.69, 9.17) is 5.73 Å². The van der Waals surface area contributed by atoms with E-state index in [1.165, 1.54) is 0 Å². The highest BCUT2D eigenvalue weighted by Crippen LogP contribution is 2.36. The third-order valence-electron chi connectivity index (χ3n) is 4.21. The molecule has 2 unspecified atom stereocenters. The Labute approximate surface area is 125 Å². The van der Waals surface area contributed by atoms with E-state index in [2.05, 4.69) is 16.9 Å². The third kappa shape index (κ3) is 3.02. The normalized spacial score (nSPS) is 22.6. The molecule has 1 saturated heterocycles. The molecule has 0 aromatic carbocycles. The average molecular weight is 295 g/mol. The molecule has 7 nitrogen and oxygen atoms in total. The number of hydrogen-bond acceptors (Lipinski definition) is 5. The maximum absolute atomic E-state index is 11.5. The first-order valence-electron chi connectivity index (χ1n) is 7.68. The fraction of sp³-hybridized carbons (Fsp3) is 0.786. The lowest BCUT2D eigenvalue weighted by Crippen LogP contribution is -2.47. The molecule has 0 radical (unpaired) electrons. The molecule has 7 heteroatoms. The zero-order valence-corrected chi connectivity index (χ0v) is 13.1. The number of aromatic nitrogens is 2. The Balaban J connectivity index is 2.46. The molecule has 2 rings (SSSR count). The summed E-state index contributed by atoms with van der Waals surface area (Å²) in [4.78, 5) is 13.3. The summed E-state index contributed by atoms with van der Waals surface area (Å²) in [5.41, 5.74) is 6.53. The molecule has 0 aliphatic carbocycles. The van der Waals surface area contributed by atoms with Crippen molar-refractivity contribution in [3.05, 3.63) is 15.8 Å². The second kappa shape index (κ2) is 6.43. The fourth-order valence-electron chi connectivity index (χ4n) is 3.18. The van der Waals surface area contributed by atoms with Crippen LogP contribution in [0.2, 0.25) is 0 Å². The molecule has 1 fully saturated rings. The van der Waals surface area contributed by atoms with Crippen LogP contribution in [0.25, 0.3) is 0 Å². The molecule has 1 aromatic heterocycles. The number of hydrogen-bond donors (Lipinski definition) is 1. The van der Waals surface area contributed by atoms with Gasteiger partial charge in [-0.05, 0) is 32.1 Å². The predicted octanol–water partition coefficient (Wildman–Crippen LogP) is 2.07. The van der Waals surface area contributed by atoms with E-state index in [9.17, 15) is 10.1 Å². The topological polar surface area (TPSA) is 90.2 Å². The van der Waals surface area contributed by atoms with Crippen LogP contribution in [0.3, 0.4) is 0 Å². The standard InChI is InChI=1S/C14H25N5O2/c1-4-6-18-14(13(19(20)21)11(3)16-18)17-7-5-10(2)8-12(17)9-15/h10,12H,4-9,15H2,1-3H3. The quantitative estimate of drug-likeness (QED) is 0.663. The van der Waals surface area contributed by atoms with Gasteiger partial charge in [0.25, 0.3) is 0 Å². The number of nitro groups is 1. The first-order valence-corrected chi connectivity index (χ1v) is 7.68. The number of rotatable bonds is 5. The van der Waals surface area contributed by atoms with Crippen molar-refractivity contribution in [1.82, 2.24) is 9.78 Å². The zero-order valence-electron chi connectivity index (χ0n) is 13.1. The van der Waals surface area contributed by atoms with E-state index < -0.39 is 0 Å². The average Bonchev–Trinajstić information content (AvgIpc) is 2.75. The monoisotopic (exact) mass is 295 g/mol. The van der Waals surface area contributed by atoms with Crippen LogP contribution >= 0.6 is 0 Å². The second-order valence-electron chi connectivity index (χ2n) is 5.95. The largest absolute Gasteiger partial charge is 0.347 e. The molecule has 0 amide bonds. The van der Waals surface area contributed by atoms with Gasteiger partial charge in [0.15, 0.2) is 0 Å². The van der Waals surface area contributed by atoms with E-state index in [-0.39, 0.29) is 16.7 Å². The van der Waals surface area contributed by atoms with Crippen molar-refractivity contribution >= 4 is 11.5 Å². The fourth-order valence-corrected chi connectivity index (χ4v) is 3.18. The summed E-state index contributed by atoms with van der Waals surface area (Å²) in [5, 5.41) is 15.8. The van der Waals surface area contributed by atoms with Gasteiger partial charge in [-0.2, -0.15) is 5.10 Å².